The van der Waals surface area contributed by atoms with Crippen molar-refractivity contribution in [3.05, 3.63) is 56.4 Å². The van der Waals surface area contributed by atoms with Crippen LogP contribution in [0.2, 0.25) is 10.0 Å². The summed E-state index contributed by atoms with van der Waals surface area (Å²) in [5.41, 5.74) is -0.0311. The second-order valence-corrected chi connectivity index (χ2v) is 8.26. The van der Waals surface area contributed by atoms with Crippen LogP contribution in [0.5, 0.6) is 0 Å². The first kappa shape index (κ1) is 23.0. The largest absolute Gasteiger partial charge is 0.458 e. The topological polar surface area (TPSA) is 81.3 Å². The molecule has 0 bridgehead atoms. The number of esters is 1. The van der Waals surface area contributed by atoms with Crippen molar-refractivity contribution in [1.29, 1.82) is 5.26 Å². The number of halogens is 2. The molecule has 29 heavy (non-hydrogen) atoms. The molecule has 0 N–H and O–H groups in total. The number of ether oxygens (including phenoxy) is 2. The highest BCUT2D eigenvalue weighted by molar-refractivity contribution is 6.33. The van der Waals surface area contributed by atoms with E-state index in [0.717, 1.165) is 0 Å². The zero-order valence-electron chi connectivity index (χ0n) is 16.7. The van der Waals surface area contributed by atoms with E-state index in [2.05, 4.69) is 6.07 Å². The van der Waals surface area contributed by atoms with Gasteiger partial charge in [-0.05, 0) is 39.0 Å². The monoisotopic (exact) mass is 436 g/mol. The lowest BCUT2D eigenvalue weighted by Crippen LogP contribution is -2.35. The molecule has 0 aliphatic heterocycles. The van der Waals surface area contributed by atoms with Crippen molar-refractivity contribution in [2.75, 3.05) is 13.7 Å². The fourth-order valence-corrected chi connectivity index (χ4v) is 3.21. The highest BCUT2D eigenvalue weighted by atomic mass is 35.5. The molecule has 0 spiro atoms. The number of carbonyl (C=O) groups is 1. The maximum absolute atomic E-state index is 12.9. The summed E-state index contributed by atoms with van der Waals surface area (Å²) in [6.45, 7) is 5.50. The van der Waals surface area contributed by atoms with Crippen molar-refractivity contribution in [3.63, 3.8) is 0 Å². The first-order valence-corrected chi connectivity index (χ1v) is 9.66. The minimum absolute atomic E-state index is 0.203. The fourth-order valence-electron chi connectivity index (χ4n) is 2.78. The van der Waals surface area contributed by atoms with E-state index in [4.69, 9.17) is 32.7 Å². The Morgan fingerprint density at radius 2 is 1.93 bits per heavy atom. The quantitative estimate of drug-likeness (QED) is 0.617. The number of pyridine rings is 1. The Labute approximate surface area is 179 Å². The Bertz CT molecular complexity index is 1000. The van der Waals surface area contributed by atoms with Gasteiger partial charge in [0.15, 0.2) is 0 Å². The van der Waals surface area contributed by atoms with Gasteiger partial charge in [-0.2, -0.15) is 5.26 Å². The molecule has 0 amide bonds. The van der Waals surface area contributed by atoms with Crippen LogP contribution in [0.1, 0.15) is 38.8 Å². The maximum atomic E-state index is 12.9. The first-order valence-electron chi connectivity index (χ1n) is 8.91. The van der Waals surface area contributed by atoms with Crippen LogP contribution < -0.4 is 5.56 Å². The number of nitrogens with zero attached hydrogens (tertiary/aromatic N) is 2. The van der Waals surface area contributed by atoms with Crippen LogP contribution >= 0.6 is 23.2 Å². The van der Waals surface area contributed by atoms with E-state index >= 15 is 0 Å². The molecule has 1 aromatic carbocycles. The van der Waals surface area contributed by atoms with Gasteiger partial charge in [-0.3, -0.25) is 9.36 Å². The molecule has 0 fully saturated rings. The molecule has 154 valence electrons. The Balaban J connectivity index is 2.55. The maximum Gasteiger partial charge on any atom is 0.329 e. The van der Waals surface area contributed by atoms with Gasteiger partial charge in [0, 0.05) is 48.6 Å². The van der Waals surface area contributed by atoms with Gasteiger partial charge >= 0.3 is 5.97 Å². The van der Waals surface area contributed by atoms with E-state index in [-0.39, 0.29) is 18.1 Å². The minimum Gasteiger partial charge on any atom is -0.458 e. The normalized spacial score (nSPS) is 12.3. The summed E-state index contributed by atoms with van der Waals surface area (Å²) in [5, 5.41) is 9.97. The molecule has 1 unspecified atom stereocenters. The third-order valence-corrected chi connectivity index (χ3v) is 4.57. The van der Waals surface area contributed by atoms with Gasteiger partial charge in [-0.15, -0.1) is 0 Å². The van der Waals surface area contributed by atoms with Crippen LogP contribution in [0.15, 0.2) is 35.3 Å². The number of methoxy groups -OCH3 is 1. The summed E-state index contributed by atoms with van der Waals surface area (Å²) in [5.74, 6) is -0.555. The molecule has 0 aliphatic carbocycles. The molecular formula is C21H22Cl2N2O4. The summed E-state index contributed by atoms with van der Waals surface area (Å²) >= 11 is 12.5. The van der Waals surface area contributed by atoms with Gasteiger partial charge in [0.2, 0.25) is 0 Å². The van der Waals surface area contributed by atoms with Gasteiger partial charge in [0.25, 0.3) is 5.56 Å². The van der Waals surface area contributed by atoms with Gasteiger partial charge in [-0.1, -0.05) is 23.2 Å². The average molecular weight is 437 g/mol. The lowest BCUT2D eigenvalue weighted by atomic mass is 10.0. The number of hydrogen-bond donors (Lipinski definition) is 0. The molecule has 0 saturated heterocycles. The molecule has 0 radical (unpaired) electrons. The van der Waals surface area contributed by atoms with Crippen molar-refractivity contribution in [2.45, 2.75) is 38.8 Å². The molecule has 2 aromatic rings. The van der Waals surface area contributed by atoms with Gasteiger partial charge in [0.1, 0.15) is 11.6 Å². The minimum atomic E-state index is -0.900. The second-order valence-electron chi connectivity index (χ2n) is 7.41. The van der Waals surface area contributed by atoms with Crippen LogP contribution in [0.3, 0.4) is 0 Å². The van der Waals surface area contributed by atoms with Crippen LogP contribution in [0.25, 0.3) is 11.1 Å². The third kappa shape index (κ3) is 5.83. The van der Waals surface area contributed by atoms with Crippen molar-refractivity contribution in [1.82, 2.24) is 4.57 Å². The molecule has 6 nitrogen and oxygen atoms in total. The Hall–Kier alpha value is -2.33. The lowest BCUT2D eigenvalue weighted by molar-refractivity contribution is -0.159. The number of nitriles is 1. The van der Waals surface area contributed by atoms with E-state index < -0.39 is 23.2 Å². The lowest BCUT2D eigenvalue weighted by Gasteiger charge is -2.25. The summed E-state index contributed by atoms with van der Waals surface area (Å²) in [6.07, 6.45) is 1.62. The van der Waals surface area contributed by atoms with Gasteiger partial charge in [-0.25, -0.2) is 4.79 Å². The van der Waals surface area contributed by atoms with Crippen molar-refractivity contribution in [3.8, 4) is 17.2 Å². The van der Waals surface area contributed by atoms with E-state index in [1.54, 1.807) is 39.0 Å². The first-order chi connectivity index (χ1) is 13.6. The zero-order chi connectivity index (χ0) is 21.8. The molecule has 8 heteroatoms. The summed E-state index contributed by atoms with van der Waals surface area (Å²) in [4.78, 5) is 25.6. The molecular weight excluding hydrogens is 415 g/mol. The number of aromatic nitrogens is 1. The molecule has 2 rings (SSSR count). The van der Waals surface area contributed by atoms with E-state index in [9.17, 15) is 14.9 Å². The summed E-state index contributed by atoms with van der Waals surface area (Å²) in [6, 6.07) is 7.16. The summed E-state index contributed by atoms with van der Waals surface area (Å²) < 4.78 is 11.8. The van der Waals surface area contributed by atoms with E-state index in [1.807, 2.05) is 0 Å². The van der Waals surface area contributed by atoms with Crippen LogP contribution in [-0.2, 0) is 14.3 Å². The standard InChI is InChI=1S/C21H22Cl2N2O4/c1-21(2,3)29-20(27)18(7-8-28-4)25-12-17(23)16(10-19(25)26)15-9-14(22)6-5-13(15)11-24/h5-6,9-10,12,18H,7-8H2,1-4H3. The SMILES string of the molecule is COCCC(C(=O)OC(C)(C)C)n1cc(Cl)c(-c2cc(Cl)ccc2C#N)cc1=O. The Kier molecular flexibility index (Phi) is 7.48. The molecule has 0 saturated carbocycles. The van der Waals surface area contributed by atoms with Gasteiger partial charge < -0.3 is 9.47 Å². The number of rotatable bonds is 6. The van der Waals surface area contributed by atoms with Gasteiger partial charge in [0.05, 0.1) is 16.7 Å². The van der Waals surface area contributed by atoms with Crippen molar-refractivity contribution < 1.29 is 14.3 Å². The molecule has 1 aromatic heterocycles. The van der Waals surface area contributed by atoms with Crippen LogP contribution in [0.4, 0.5) is 0 Å². The number of carbonyl (C=O) groups excluding carboxylic acids is 1. The smallest absolute Gasteiger partial charge is 0.329 e. The third-order valence-electron chi connectivity index (χ3n) is 4.03. The molecule has 0 aliphatic rings. The highest BCUT2D eigenvalue weighted by Crippen LogP contribution is 2.32. The molecule has 1 heterocycles. The highest BCUT2D eigenvalue weighted by Gasteiger charge is 2.28. The predicted octanol–water partition coefficient (Wildman–Crippen LogP) is 4.61. The van der Waals surface area contributed by atoms with E-state index in [1.165, 1.54) is 23.9 Å². The summed E-state index contributed by atoms with van der Waals surface area (Å²) in [7, 11) is 1.51. The number of benzene rings is 1. The van der Waals surface area contributed by atoms with Crippen molar-refractivity contribution >= 4 is 29.2 Å². The molecule has 1 atom stereocenters. The van der Waals surface area contributed by atoms with E-state index in [0.29, 0.717) is 21.7 Å². The van der Waals surface area contributed by atoms with Crippen LogP contribution in [-0.4, -0.2) is 29.9 Å². The fraction of sp³-hybridized carbons (Fsp3) is 0.381. The Morgan fingerprint density at radius 3 is 2.52 bits per heavy atom. The van der Waals surface area contributed by atoms with Crippen LogP contribution in [0, 0.1) is 11.3 Å². The predicted molar refractivity (Wildman–Crippen MR) is 112 cm³/mol. The number of hydrogen-bond acceptors (Lipinski definition) is 5. The Morgan fingerprint density at radius 1 is 1.24 bits per heavy atom. The zero-order valence-corrected chi connectivity index (χ0v) is 18.2. The van der Waals surface area contributed by atoms with Crippen molar-refractivity contribution in [2.24, 2.45) is 0 Å². The second kappa shape index (κ2) is 9.45. The average Bonchev–Trinajstić information content (AvgIpc) is 2.63.